The topological polar surface area (TPSA) is 88.2 Å². The van der Waals surface area contributed by atoms with E-state index in [0.717, 1.165) is 12.1 Å². The first-order chi connectivity index (χ1) is 12.5. The highest BCUT2D eigenvalue weighted by atomic mass is 16.7. The lowest BCUT2D eigenvalue weighted by atomic mass is 9.86. The summed E-state index contributed by atoms with van der Waals surface area (Å²) in [5.74, 6) is 1.06. The maximum Gasteiger partial charge on any atom is 0.241 e. The van der Waals surface area contributed by atoms with E-state index in [4.69, 9.17) is 9.47 Å². The Morgan fingerprint density at radius 2 is 2.04 bits per heavy atom. The van der Waals surface area contributed by atoms with Crippen molar-refractivity contribution in [3.8, 4) is 11.5 Å². The van der Waals surface area contributed by atoms with Crippen LogP contribution in [0.1, 0.15) is 19.8 Å². The van der Waals surface area contributed by atoms with Crippen LogP contribution in [-0.4, -0.2) is 55.6 Å². The summed E-state index contributed by atoms with van der Waals surface area (Å²) in [6, 6.07) is 5.50. The highest BCUT2D eigenvalue weighted by Crippen LogP contribution is 2.43. The fraction of sp³-hybridized carbons (Fsp3) is 0.500. The van der Waals surface area contributed by atoms with Gasteiger partial charge in [0.25, 0.3) is 0 Å². The average Bonchev–Trinajstić information content (AvgIpc) is 3.31. The number of ether oxygens (including phenoxy) is 2. The molecule has 0 bridgehead atoms. The highest BCUT2D eigenvalue weighted by molar-refractivity contribution is 5.97. The molecule has 0 radical (unpaired) electrons. The van der Waals surface area contributed by atoms with Crippen LogP contribution in [0.5, 0.6) is 11.5 Å². The molecule has 3 heterocycles. The van der Waals surface area contributed by atoms with Crippen LogP contribution in [0.4, 0.5) is 5.69 Å². The second kappa shape index (κ2) is 6.19. The molecule has 4 rings (SSSR count). The monoisotopic (exact) mass is 359 g/mol. The van der Waals surface area contributed by atoms with E-state index in [2.05, 4.69) is 5.32 Å². The fourth-order valence-electron chi connectivity index (χ4n) is 3.92. The molecule has 3 aliphatic rings. The number of nitrogens with zero attached hydrogens (tertiary/aromatic N) is 2. The molecule has 2 fully saturated rings. The van der Waals surface area contributed by atoms with Gasteiger partial charge in [0.2, 0.25) is 24.5 Å². The van der Waals surface area contributed by atoms with Crippen molar-refractivity contribution in [1.82, 2.24) is 10.2 Å². The molecular weight excluding hydrogens is 338 g/mol. The van der Waals surface area contributed by atoms with Gasteiger partial charge in [0.05, 0.1) is 6.54 Å². The third-order valence-corrected chi connectivity index (χ3v) is 5.27. The van der Waals surface area contributed by atoms with E-state index in [1.165, 1.54) is 6.92 Å². The minimum absolute atomic E-state index is 0.00519. The summed E-state index contributed by atoms with van der Waals surface area (Å²) >= 11 is 0. The number of hydrogen-bond acceptors (Lipinski definition) is 5. The molecule has 3 aliphatic heterocycles. The molecule has 1 atom stereocenters. The van der Waals surface area contributed by atoms with Crippen LogP contribution < -0.4 is 19.7 Å². The Balaban J connectivity index is 1.44. The van der Waals surface area contributed by atoms with Gasteiger partial charge in [-0.3, -0.25) is 14.4 Å². The zero-order valence-electron chi connectivity index (χ0n) is 14.6. The zero-order chi connectivity index (χ0) is 18.3. The Labute approximate surface area is 151 Å². The number of amides is 3. The predicted molar refractivity (Wildman–Crippen MR) is 91.8 cm³/mol. The summed E-state index contributed by atoms with van der Waals surface area (Å²) in [6.07, 6.45) is 1.21. The van der Waals surface area contributed by atoms with Gasteiger partial charge in [0.15, 0.2) is 11.5 Å². The first kappa shape index (κ1) is 16.7. The molecule has 8 nitrogen and oxygen atoms in total. The molecule has 2 saturated heterocycles. The number of hydrogen-bond donors (Lipinski definition) is 1. The lowest BCUT2D eigenvalue weighted by molar-refractivity contribution is -0.132. The second-order valence-corrected chi connectivity index (χ2v) is 7.17. The molecule has 1 spiro atoms. The maximum atomic E-state index is 12.6. The van der Waals surface area contributed by atoms with Crippen molar-refractivity contribution in [2.75, 3.05) is 37.9 Å². The summed E-state index contributed by atoms with van der Waals surface area (Å²) in [7, 11) is 0. The maximum absolute atomic E-state index is 12.6. The van der Waals surface area contributed by atoms with Crippen LogP contribution in [0.15, 0.2) is 18.2 Å². The van der Waals surface area contributed by atoms with Crippen molar-refractivity contribution in [3.05, 3.63) is 18.2 Å². The number of anilines is 1. The van der Waals surface area contributed by atoms with Crippen LogP contribution in [0.2, 0.25) is 0 Å². The summed E-state index contributed by atoms with van der Waals surface area (Å²) < 4.78 is 10.7. The number of carbonyl (C=O) groups excluding carboxylic acids is 3. The minimum atomic E-state index is -0.225. The second-order valence-electron chi connectivity index (χ2n) is 7.17. The molecule has 1 aromatic rings. The van der Waals surface area contributed by atoms with E-state index in [-0.39, 0.29) is 36.5 Å². The van der Waals surface area contributed by atoms with Gasteiger partial charge in [-0.1, -0.05) is 0 Å². The smallest absolute Gasteiger partial charge is 0.241 e. The van der Waals surface area contributed by atoms with Gasteiger partial charge < -0.3 is 24.6 Å². The summed E-state index contributed by atoms with van der Waals surface area (Å²) in [6.45, 7) is 3.32. The van der Waals surface area contributed by atoms with Crippen molar-refractivity contribution < 1.29 is 23.9 Å². The van der Waals surface area contributed by atoms with Gasteiger partial charge in [-0.05, 0) is 18.6 Å². The summed E-state index contributed by atoms with van der Waals surface area (Å²) in [5.41, 5.74) is 0.568. The summed E-state index contributed by atoms with van der Waals surface area (Å²) in [5, 5.41) is 2.54. The molecular formula is C18H21N3O5. The van der Waals surface area contributed by atoms with Gasteiger partial charge in [0.1, 0.15) is 0 Å². The van der Waals surface area contributed by atoms with Crippen LogP contribution in [-0.2, 0) is 14.4 Å². The Hall–Kier alpha value is -2.77. The minimum Gasteiger partial charge on any atom is -0.454 e. The van der Waals surface area contributed by atoms with E-state index in [0.29, 0.717) is 37.6 Å². The van der Waals surface area contributed by atoms with E-state index >= 15 is 0 Å². The number of nitrogens with one attached hydrogen (secondary N) is 1. The Bertz CT molecular complexity index is 780. The highest BCUT2D eigenvalue weighted by Gasteiger charge is 2.48. The van der Waals surface area contributed by atoms with Gasteiger partial charge >= 0.3 is 0 Å². The average molecular weight is 359 g/mol. The number of benzene rings is 1. The molecule has 3 amide bonds. The number of likely N-dealkylation sites (tertiary alicyclic amines) is 1. The van der Waals surface area contributed by atoms with Crippen molar-refractivity contribution in [3.63, 3.8) is 0 Å². The van der Waals surface area contributed by atoms with Crippen molar-refractivity contribution in [1.29, 1.82) is 0 Å². The van der Waals surface area contributed by atoms with Gasteiger partial charge in [0, 0.05) is 50.1 Å². The molecule has 1 N–H and O–H groups in total. The first-order valence-electron chi connectivity index (χ1n) is 8.68. The normalized spacial score (nSPS) is 23.8. The summed E-state index contributed by atoms with van der Waals surface area (Å²) in [4.78, 5) is 39.3. The molecule has 26 heavy (non-hydrogen) atoms. The molecule has 0 aliphatic carbocycles. The third kappa shape index (κ3) is 2.95. The fourth-order valence-corrected chi connectivity index (χ4v) is 3.92. The number of carbonyl (C=O) groups is 3. The van der Waals surface area contributed by atoms with Crippen LogP contribution in [0.25, 0.3) is 0 Å². The quantitative estimate of drug-likeness (QED) is 0.849. The SMILES string of the molecule is CC(=O)NCC(=O)N1CC[C@]2(CC(=O)N(c3ccc4c(c3)OCO4)C2)C1. The third-order valence-electron chi connectivity index (χ3n) is 5.27. The molecule has 0 aromatic heterocycles. The van der Waals surface area contributed by atoms with Crippen LogP contribution in [0.3, 0.4) is 0 Å². The standard InChI is InChI=1S/C18H21N3O5/c1-12(22)19-8-17(24)20-5-4-18(9-20)7-16(23)21(10-18)13-2-3-14-15(6-13)26-11-25-14/h2-3,6H,4-5,7-11H2,1H3,(H,19,22)/t18-/m0/s1. The number of fused-ring (bicyclic) bond motifs is 1. The van der Waals surface area contributed by atoms with E-state index < -0.39 is 0 Å². The van der Waals surface area contributed by atoms with E-state index in [9.17, 15) is 14.4 Å². The van der Waals surface area contributed by atoms with Crippen molar-refractivity contribution in [2.45, 2.75) is 19.8 Å². The lowest BCUT2D eigenvalue weighted by Crippen LogP contribution is -2.40. The Morgan fingerprint density at radius 1 is 1.23 bits per heavy atom. The predicted octanol–water partition coefficient (Wildman–Crippen LogP) is 0.507. The molecule has 8 heteroatoms. The molecule has 0 saturated carbocycles. The molecule has 0 unspecified atom stereocenters. The van der Waals surface area contributed by atoms with Gasteiger partial charge in [-0.2, -0.15) is 0 Å². The molecule has 1 aromatic carbocycles. The number of rotatable bonds is 3. The lowest BCUT2D eigenvalue weighted by Gasteiger charge is -2.24. The van der Waals surface area contributed by atoms with Gasteiger partial charge in [-0.15, -0.1) is 0 Å². The van der Waals surface area contributed by atoms with Crippen molar-refractivity contribution in [2.24, 2.45) is 5.41 Å². The Morgan fingerprint density at radius 3 is 2.85 bits per heavy atom. The Kier molecular flexibility index (Phi) is 3.97. The van der Waals surface area contributed by atoms with Crippen LogP contribution in [0, 0.1) is 5.41 Å². The zero-order valence-corrected chi connectivity index (χ0v) is 14.6. The van der Waals surface area contributed by atoms with Crippen molar-refractivity contribution >= 4 is 23.4 Å². The largest absolute Gasteiger partial charge is 0.454 e. The van der Waals surface area contributed by atoms with Crippen LogP contribution >= 0.6 is 0 Å². The first-order valence-corrected chi connectivity index (χ1v) is 8.68. The van der Waals surface area contributed by atoms with Gasteiger partial charge in [-0.25, -0.2) is 0 Å². The molecule has 138 valence electrons. The van der Waals surface area contributed by atoms with E-state index in [1.54, 1.807) is 9.80 Å². The van der Waals surface area contributed by atoms with E-state index in [1.807, 2.05) is 18.2 Å².